The van der Waals surface area contributed by atoms with Gasteiger partial charge in [0.1, 0.15) is 0 Å². The van der Waals surface area contributed by atoms with Crippen LogP contribution >= 0.6 is 24.0 Å². The molecule has 0 aliphatic carbocycles. The minimum Gasteiger partial charge on any atom is -0.373 e. The van der Waals surface area contributed by atoms with E-state index in [0.717, 1.165) is 58.2 Å². The molecule has 3 atom stereocenters. The summed E-state index contributed by atoms with van der Waals surface area (Å²) < 4.78 is 7.71. The summed E-state index contributed by atoms with van der Waals surface area (Å²) in [5.74, 6) is 1.62. The third kappa shape index (κ3) is 6.59. The van der Waals surface area contributed by atoms with Crippen molar-refractivity contribution in [3.05, 3.63) is 18.0 Å². The van der Waals surface area contributed by atoms with Crippen molar-refractivity contribution in [3.63, 3.8) is 0 Å². The van der Waals surface area contributed by atoms with Crippen LogP contribution in [0.5, 0.6) is 0 Å². The van der Waals surface area contributed by atoms with Crippen molar-refractivity contribution >= 4 is 29.9 Å². The molecular formula is C20H37IN6O. The highest BCUT2D eigenvalue weighted by Gasteiger charge is 2.27. The van der Waals surface area contributed by atoms with Crippen molar-refractivity contribution in [1.82, 2.24) is 24.9 Å². The topological polar surface area (TPSA) is 57.9 Å². The van der Waals surface area contributed by atoms with Crippen molar-refractivity contribution in [2.24, 2.45) is 12.0 Å². The van der Waals surface area contributed by atoms with Gasteiger partial charge in [0.25, 0.3) is 0 Å². The molecule has 0 radical (unpaired) electrons. The highest BCUT2D eigenvalue weighted by Crippen LogP contribution is 2.26. The molecule has 2 fully saturated rings. The summed E-state index contributed by atoms with van der Waals surface area (Å²) in [5, 5.41) is 7.80. The average molecular weight is 504 g/mol. The molecule has 1 aromatic heterocycles. The van der Waals surface area contributed by atoms with Gasteiger partial charge in [-0.1, -0.05) is 0 Å². The van der Waals surface area contributed by atoms with Crippen LogP contribution in [0.25, 0.3) is 0 Å². The van der Waals surface area contributed by atoms with Crippen molar-refractivity contribution in [2.45, 2.75) is 51.7 Å². The first-order valence-electron chi connectivity index (χ1n) is 10.4. The summed E-state index contributed by atoms with van der Waals surface area (Å²) in [7, 11) is 1.98. The smallest absolute Gasteiger partial charge is 0.193 e. The summed E-state index contributed by atoms with van der Waals surface area (Å²) in [5.41, 5.74) is 1.34. The number of morpholine rings is 1. The quantitative estimate of drug-likeness (QED) is 0.279. The molecule has 28 heavy (non-hydrogen) atoms. The molecule has 0 aromatic carbocycles. The fourth-order valence-electron chi connectivity index (χ4n) is 4.25. The third-order valence-corrected chi connectivity index (χ3v) is 5.41. The Morgan fingerprint density at radius 1 is 1.29 bits per heavy atom. The second-order valence-electron chi connectivity index (χ2n) is 7.99. The van der Waals surface area contributed by atoms with Crippen molar-refractivity contribution in [3.8, 4) is 0 Å². The number of hydrogen-bond acceptors (Lipinski definition) is 4. The van der Waals surface area contributed by atoms with E-state index in [4.69, 9.17) is 9.73 Å². The minimum atomic E-state index is 0. The normalized spacial score (nSPS) is 26.4. The zero-order valence-corrected chi connectivity index (χ0v) is 20.1. The molecule has 0 bridgehead atoms. The average Bonchev–Trinajstić information content (AvgIpc) is 3.26. The van der Waals surface area contributed by atoms with Gasteiger partial charge < -0.3 is 15.0 Å². The molecule has 160 valence electrons. The summed E-state index contributed by atoms with van der Waals surface area (Å²) in [4.78, 5) is 9.82. The number of hydrogen-bond donors (Lipinski definition) is 1. The molecule has 3 rings (SSSR count). The standard InChI is InChI=1S/C20H36N6O.HI/c1-5-21-20(22-8-6-9-25-12-16(2)27-17(3)13-25)26-10-7-18(15-26)19-11-23-24(4)14-19;/h11,14,16-18H,5-10,12-13,15H2,1-4H3,(H,21,22);1H. The van der Waals surface area contributed by atoms with Crippen molar-refractivity contribution in [1.29, 1.82) is 0 Å². The number of nitrogens with one attached hydrogen (secondary N) is 1. The minimum absolute atomic E-state index is 0. The Morgan fingerprint density at radius 3 is 2.68 bits per heavy atom. The van der Waals surface area contributed by atoms with Gasteiger partial charge in [-0.25, -0.2) is 0 Å². The van der Waals surface area contributed by atoms with Gasteiger partial charge in [0, 0.05) is 65.0 Å². The van der Waals surface area contributed by atoms with Crippen molar-refractivity contribution < 1.29 is 4.74 Å². The number of aromatic nitrogens is 2. The Kier molecular flexibility index (Phi) is 9.49. The largest absolute Gasteiger partial charge is 0.373 e. The number of guanidine groups is 1. The number of aryl methyl sites for hydroxylation is 1. The first kappa shape index (κ1) is 23.4. The second-order valence-corrected chi connectivity index (χ2v) is 7.99. The number of halogens is 1. The van der Waals surface area contributed by atoms with Gasteiger partial charge in [0.2, 0.25) is 0 Å². The molecule has 0 saturated carbocycles. The monoisotopic (exact) mass is 504 g/mol. The Morgan fingerprint density at radius 2 is 2.04 bits per heavy atom. The maximum absolute atomic E-state index is 5.82. The summed E-state index contributed by atoms with van der Waals surface area (Å²) in [6.45, 7) is 13.5. The Hall–Kier alpha value is -0.870. The van der Waals surface area contributed by atoms with Crippen LogP contribution in [0.15, 0.2) is 17.4 Å². The second kappa shape index (κ2) is 11.3. The molecule has 2 aliphatic heterocycles. The lowest BCUT2D eigenvalue weighted by molar-refractivity contribution is -0.0679. The van der Waals surface area contributed by atoms with Crippen LogP contribution in [0.1, 0.15) is 45.1 Å². The van der Waals surface area contributed by atoms with Gasteiger partial charge in [-0.2, -0.15) is 5.10 Å². The first-order valence-corrected chi connectivity index (χ1v) is 10.4. The summed E-state index contributed by atoms with van der Waals surface area (Å²) in [6, 6.07) is 0. The van der Waals surface area contributed by atoms with Gasteiger partial charge in [-0.3, -0.25) is 14.6 Å². The van der Waals surface area contributed by atoms with Crippen LogP contribution in [0.4, 0.5) is 0 Å². The number of ether oxygens (including phenoxy) is 1. The van der Waals surface area contributed by atoms with Crippen LogP contribution in [-0.4, -0.2) is 83.6 Å². The van der Waals surface area contributed by atoms with Gasteiger partial charge >= 0.3 is 0 Å². The predicted molar refractivity (Wildman–Crippen MR) is 125 cm³/mol. The molecule has 2 saturated heterocycles. The third-order valence-electron chi connectivity index (χ3n) is 5.41. The molecule has 2 aliphatic rings. The van der Waals surface area contributed by atoms with Gasteiger partial charge in [-0.05, 0) is 39.2 Å². The zero-order valence-electron chi connectivity index (χ0n) is 17.8. The molecule has 0 spiro atoms. The van der Waals surface area contributed by atoms with E-state index in [1.54, 1.807) is 0 Å². The Bertz CT molecular complexity index is 612. The fourth-order valence-corrected chi connectivity index (χ4v) is 4.25. The van der Waals surface area contributed by atoms with Crippen LogP contribution in [0, 0.1) is 0 Å². The molecule has 0 amide bonds. The van der Waals surface area contributed by atoms with Gasteiger partial charge in [0.05, 0.1) is 18.4 Å². The van der Waals surface area contributed by atoms with Crippen LogP contribution in [-0.2, 0) is 11.8 Å². The van der Waals surface area contributed by atoms with E-state index in [0.29, 0.717) is 18.1 Å². The van der Waals surface area contributed by atoms with E-state index in [1.165, 1.54) is 12.0 Å². The lowest BCUT2D eigenvalue weighted by Crippen LogP contribution is -2.45. The number of likely N-dealkylation sites (tertiary alicyclic amines) is 1. The number of rotatable bonds is 6. The van der Waals surface area contributed by atoms with Gasteiger partial charge in [-0.15, -0.1) is 24.0 Å². The highest BCUT2D eigenvalue weighted by atomic mass is 127. The lowest BCUT2D eigenvalue weighted by Gasteiger charge is -2.35. The predicted octanol–water partition coefficient (Wildman–Crippen LogP) is 2.29. The van der Waals surface area contributed by atoms with E-state index in [-0.39, 0.29) is 24.0 Å². The van der Waals surface area contributed by atoms with Crippen molar-refractivity contribution in [2.75, 3.05) is 45.8 Å². The van der Waals surface area contributed by atoms with Crippen LogP contribution in [0.2, 0.25) is 0 Å². The number of nitrogens with zero attached hydrogens (tertiary/aromatic N) is 5. The molecule has 1 aromatic rings. The Labute approximate surface area is 186 Å². The molecule has 1 N–H and O–H groups in total. The molecule has 8 heteroatoms. The lowest BCUT2D eigenvalue weighted by atomic mass is 10.0. The highest BCUT2D eigenvalue weighted by molar-refractivity contribution is 14.0. The van der Waals surface area contributed by atoms with Gasteiger partial charge in [0.15, 0.2) is 5.96 Å². The summed E-state index contributed by atoms with van der Waals surface area (Å²) >= 11 is 0. The SMILES string of the molecule is CCNC(=NCCCN1CC(C)OC(C)C1)N1CCC(c2cnn(C)c2)C1.I. The molecule has 7 nitrogen and oxygen atoms in total. The molecule has 3 heterocycles. The maximum atomic E-state index is 5.82. The fraction of sp³-hybridized carbons (Fsp3) is 0.800. The molecular weight excluding hydrogens is 467 g/mol. The maximum Gasteiger partial charge on any atom is 0.193 e. The molecule has 3 unspecified atom stereocenters. The van der Waals surface area contributed by atoms with E-state index in [2.05, 4.69) is 47.2 Å². The van der Waals surface area contributed by atoms with E-state index >= 15 is 0 Å². The first-order chi connectivity index (χ1) is 13.0. The van der Waals surface area contributed by atoms with Crippen LogP contribution < -0.4 is 5.32 Å². The number of aliphatic imine (C=N–C) groups is 1. The van der Waals surface area contributed by atoms with Crippen LogP contribution in [0.3, 0.4) is 0 Å². The summed E-state index contributed by atoms with van der Waals surface area (Å²) in [6.07, 6.45) is 7.08. The van der Waals surface area contributed by atoms with E-state index in [9.17, 15) is 0 Å². The Balaban J connectivity index is 0.00000280. The van der Waals surface area contributed by atoms with E-state index in [1.807, 2.05) is 17.9 Å². The zero-order chi connectivity index (χ0) is 19.2. The van der Waals surface area contributed by atoms with E-state index < -0.39 is 0 Å².